The number of hydrogen-bond donors (Lipinski definition) is 1. The van der Waals surface area contributed by atoms with Gasteiger partial charge in [0.1, 0.15) is 11.4 Å². The highest BCUT2D eigenvalue weighted by Crippen LogP contribution is 2.39. The summed E-state index contributed by atoms with van der Waals surface area (Å²) in [6.07, 6.45) is 3.50. The molecule has 39 heavy (non-hydrogen) atoms. The number of rotatable bonds is 11. The first-order valence-electron chi connectivity index (χ1n) is 12.3. The smallest absolute Gasteiger partial charge is 0.338 e. The van der Waals surface area contributed by atoms with Crippen molar-refractivity contribution in [3.63, 3.8) is 0 Å². The first-order chi connectivity index (χ1) is 18.6. The first-order valence-corrected chi connectivity index (χ1v) is 12.3. The summed E-state index contributed by atoms with van der Waals surface area (Å²) in [7, 11) is 8.55. The van der Waals surface area contributed by atoms with Crippen molar-refractivity contribution in [1.82, 2.24) is 14.9 Å². The number of nitro benzene ring substituents is 1. The number of nitro groups is 1. The van der Waals surface area contributed by atoms with E-state index >= 15 is 0 Å². The SMILES string of the molecule is C/C=C(/c1ccnc(Nc2cc([N+](=O)[O-])c(N(C)CCN(C)C)cc2OC)n1)c1cccc(C(=O)OC)c1C. The van der Waals surface area contributed by atoms with E-state index in [0.717, 1.165) is 23.2 Å². The number of likely N-dealkylation sites (N-methyl/N-ethyl adjacent to an activating group) is 2. The number of esters is 1. The van der Waals surface area contributed by atoms with Gasteiger partial charge in [-0.15, -0.1) is 0 Å². The maximum atomic E-state index is 12.2. The summed E-state index contributed by atoms with van der Waals surface area (Å²) in [5.74, 6) is 0.225. The minimum Gasteiger partial charge on any atom is -0.494 e. The number of anilines is 3. The Morgan fingerprint density at radius 2 is 1.85 bits per heavy atom. The lowest BCUT2D eigenvalue weighted by Gasteiger charge is -2.22. The molecule has 11 nitrogen and oxygen atoms in total. The zero-order chi connectivity index (χ0) is 28.7. The molecule has 0 bridgehead atoms. The molecule has 0 fully saturated rings. The second-order valence-electron chi connectivity index (χ2n) is 9.09. The Bertz CT molecular complexity index is 1390. The molecule has 0 spiro atoms. The average molecular weight is 535 g/mol. The second kappa shape index (κ2) is 12.8. The van der Waals surface area contributed by atoms with Gasteiger partial charge in [0.25, 0.3) is 5.69 Å². The molecule has 3 aromatic rings. The molecule has 0 atom stereocenters. The molecule has 0 aliphatic heterocycles. The largest absolute Gasteiger partial charge is 0.494 e. The molecule has 0 saturated carbocycles. The van der Waals surface area contributed by atoms with Crippen molar-refractivity contribution in [2.75, 3.05) is 58.7 Å². The summed E-state index contributed by atoms with van der Waals surface area (Å²) in [5.41, 5.74) is 4.18. The van der Waals surface area contributed by atoms with Crippen molar-refractivity contribution in [3.8, 4) is 5.75 Å². The maximum absolute atomic E-state index is 12.2. The molecule has 0 saturated heterocycles. The van der Waals surface area contributed by atoms with Gasteiger partial charge in [-0.3, -0.25) is 10.1 Å². The van der Waals surface area contributed by atoms with Gasteiger partial charge in [0.15, 0.2) is 0 Å². The molecule has 1 N–H and O–H groups in total. The van der Waals surface area contributed by atoms with Crippen molar-refractivity contribution in [3.05, 3.63) is 81.2 Å². The summed E-state index contributed by atoms with van der Waals surface area (Å²) >= 11 is 0. The number of hydrogen-bond acceptors (Lipinski definition) is 10. The van der Waals surface area contributed by atoms with E-state index in [1.807, 2.05) is 49.9 Å². The molecule has 0 unspecified atom stereocenters. The van der Waals surface area contributed by atoms with Crippen molar-refractivity contribution >= 4 is 34.6 Å². The summed E-state index contributed by atoms with van der Waals surface area (Å²) < 4.78 is 10.5. The van der Waals surface area contributed by atoms with Gasteiger partial charge in [-0.2, -0.15) is 0 Å². The topological polar surface area (TPSA) is 123 Å². The Morgan fingerprint density at radius 3 is 2.46 bits per heavy atom. The molecular weight excluding hydrogens is 500 g/mol. The summed E-state index contributed by atoms with van der Waals surface area (Å²) in [6.45, 7) is 5.06. The highest BCUT2D eigenvalue weighted by Gasteiger charge is 2.23. The molecule has 0 amide bonds. The van der Waals surface area contributed by atoms with Crippen molar-refractivity contribution in [1.29, 1.82) is 0 Å². The maximum Gasteiger partial charge on any atom is 0.338 e. The highest BCUT2D eigenvalue weighted by molar-refractivity contribution is 5.94. The van der Waals surface area contributed by atoms with E-state index in [9.17, 15) is 14.9 Å². The van der Waals surface area contributed by atoms with Crippen molar-refractivity contribution in [2.45, 2.75) is 13.8 Å². The number of allylic oxidation sites excluding steroid dienone is 1. The lowest BCUT2D eigenvalue weighted by Crippen LogP contribution is -2.28. The predicted octanol–water partition coefficient (Wildman–Crippen LogP) is 4.68. The first kappa shape index (κ1) is 29.1. The number of nitrogens with zero attached hydrogens (tertiary/aromatic N) is 5. The summed E-state index contributed by atoms with van der Waals surface area (Å²) in [4.78, 5) is 36.6. The van der Waals surface area contributed by atoms with Crippen LogP contribution in [0.15, 0.2) is 48.7 Å². The van der Waals surface area contributed by atoms with Gasteiger partial charge in [0.2, 0.25) is 5.95 Å². The summed E-state index contributed by atoms with van der Waals surface area (Å²) in [6, 6.07) is 10.2. The molecule has 0 radical (unpaired) electrons. The number of carbonyl (C=O) groups excluding carboxylic acids is 1. The molecule has 3 rings (SSSR count). The van der Waals surface area contributed by atoms with Crippen LogP contribution in [0.25, 0.3) is 5.57 Å². The molecule has 2 aromatic carbocycles. The second-order valence-corrected chi connectivity index (χ2v) is 9.09. The van der Waals surface area contributed by atoms with E-state index in [2.05, 4.69) is 15.3 Å². The fraction of sp³-hybridized carbons (Fsp3) is 0.321. The Labute approximate surface area is 228 Å². The Balaban J connectivity index is 2.00. The van der Waals surface area contributed by atoms with Crippen molar-refractivity contribution < 1.29 is 19.2 Å². The van der Waals surface area contributed by atoms with Gasteiger partial charge in [0.05, 0.1) is 36.1 Å². The highest BCUT2D eigenvalue weighted by atomic mass is 16.6. The molecule has 206 valence electrons. The van der Waals surface area contributed by atoms with Gasteiger partial charge >= 0.3 is 5.97 Å². The Kier molecular flexibility index (Phi) is 9.56. The summed E-state index contributed by atoms with van der Waals surface area (Å²) in [5, 5.41) is 15.0. The zero-order valence-corrected chi connectivity index (χ0v) is 23.3. The molecule has 1 heterocycles. The van der Waals surface area contributed by atoms with Crippen LogP contribution in [0.5, 0.6) is 5.75 Å². The van der Waals surface area contributed by atoms with Gasteiger partial charge in [-0.25, -0.2) is 14.8 Å². The number of aromatic nitrogens is 2. The molecule has 1 aromatic heterocycles. The van der Waals surface area contributed by atoms with Crippen LogP contribution in [0.3, 0.4) is 0 Å². The van der Waals surface area contributed by atoms with Crippen LogP contribution in [-0.2, 0) is 4.74 Å². The normalized spacial score (nSPS) is 11.3. The van der Waals surface area contributed by atoms with E-state index < -0.39 is 10.9 Å². The number of ether oxygens (including phenoxy) is 2. The average Bonchev–Trinajstić information content (AvgIpc) is 2.92. The number of nitrogens with one attached hydrogen (secondary N) is 1. The standard InChI is InChI=1S/C28H34N6O5/c1-8-19(20-10-9-11-21(18(20)2)27(35)39-7)22-12-13-29-28(30-22)31-23-16-25(34(36)37)24(17-26(23)38-6)33(5)15-14-32(3)4/h8-13,16-17H,14-15H2,1-7H3,(H,29,30,31)/b19-8+. The lowest BCUT2D eigenvalue weighted by molar-refractivity contribution is -0.384. The van der Waals surface area contributed by atoms with Gasteiger partial charge in [-0.1, -0.05) is 18.2 Å². The van der Waals surface area contributed by atoms with Gasteiger partial charge in [0, 0.05) is 44.0 Å². The minimum atomic E-state index is -0.418. The third-order valence-corrected chi connectivity index (χ3v) is 6.28. The fourth-order valence-electron chi connectivity index (χ4n) is 4.14. The van der Waals surface area contributed by atoms with Gasteiger partial charge in [-0.05, 0) is 51.2 Å². The number of methoxy groups -OCH3 is 2. The van der Waals surface area contributed by atoms with Crippen LogP contribution in [0.2, 0.25) is 0 Å². The van der Waals surface area contributed by atoms with E-state index in [0.29, 0.717) is 34.9 Å². The van der Waals surface area contributed by atoms with Gasteiger partial charge < -0.3 is 24.6 Å². The fourth-order valence-corrected chi connectivity index (χ4v) is 4.14. The van der Waals surface area contributed by atoms with Crippen LogP contribution in [0, 0.1) is 17.0 Å². The van der Waals surface area contributed by atoms with Crippen LogP contribution in [0.4, 0.5) is 23.0 Å². The van der Waals surface area contributed by atoms with Crippen LogP contribution in [0.1, 0.15) is 34.1 Å². The number of carbonyl (C=O) groups is 1. The third-order valence-electron chi connectivity index (χ3n) is 6.28. The number of benzene rings is 2. The van der Waals surface area contributed by atoms with Crippen molar-refractivity contribution in [2.24, 2.45) is 0 Å². The lowest BCUT2D eigenvalue weighted by atomic mass is 9.94. The minimum absolute atomic E-state index is 0.0693. The predicted molar refractivity (Wildman–Crippen MR) is 152 cm³/mol. The van der Waals surface area contributed by atoms with E-state index in [1.54, 1.807) is 37.5 Å². The molecule has 0 aliphatic rings. The quantitative estimate of drug-likeness (QED) is 0.211. The third kappa shape index (κ3) is 6.68. The van der Waals surface area contributed by atoms with E-state index in [4.69, 9.17) is 9.47 Å². The zero-order valence-electron chi connectivity index (χ0n) is 23.3. The van der Waals surface area contributed by atoms with E-state index in [-0.39, 0.29) is 11.6 Å². The van der Waals surface area contributed by atoms with E-state index in [1.165, 1.54) is 20.3 Å². The Morgan fingerprint density at radius 1 is 1.13 bits per heavy atom. The van der Waals surface area contributed by atoms with Crippen LogP contribution >= 0.6 is 0 Å². The monoisotopic (exact) mass is 534 g/mol. The van der Waals surface area contributed by atoms with Crippen LogP contribution < -0.4 is 15.0 Å². The molecule has 0 aliphatic carbocycles. The molecule has 11 heteroatoms. The van der Waals surface area contributed by atoms with Crippen LogP contribution in [-0.4, -0.2) is 74.2 Å². The molecular formula is C28H34N6O5. The Hall–Kier alpha value is -4.51.